The fraction of sp³-hybridized carbons (Fsp3) is 0.167. The molecule has 1 atom stereocenters. The third-order valence-corrected chi connectivity index (χ3v) is 6.65. The first-order valence-corrected chi connectivity index (χ1v) is 11.8. The van der Waals surface area contributed by atoms with Crippen LogP contribution in [0.15, 0.2) is 77.8 Å². The molecule has 0 spiro atoms. The first-order valence-electron chi connectivity index (χ1n) is 10.4. The molecule has 1 aliphatic heterocycles. The van der Waals surface area contributed by atoms with Gasteiger partial charge in [0.05, 0.1) is 7.11 Å². The Balaban J connectivity index is 2.10. The summed E-state index contributed by atoms with van der Waals surface area (Å²) in [7, 11) is -3.39. The van der Waals surface area contributed by atoms with Crippen molar-refractivity contribution >= 4 is 22.0 Å². The number of nitrogens with zero attached hydrogens (tertiary/aromatic N) is 2. The molecule has 3 aromatic rings. The number of benzene rings is 3. The van der Waals surface area contributed by atoms with E-state index in [-0.39, 0.29) is 28.2 Å². The van der Waals surface area contributed by atoms with E-state index >= 15 is 0 Å². The normalized spacial score (nSPS) is 18.2. The van der Waals surface area contributed by atoms with E-state index in [4.69, 9.17) is 14.7 Å². The number of amides is 1. The lowest BCUT2D eigenvalue weighted by Crippen LogP contribution is -2.41. The van der Waals surface area contributed by atoms with Gasteiger partial charge in [0, 0.05) is 18.2 Å². The van der Waals surface area contributed by atoms with Crippen molar-refractivity contribution in [1.29, 1.82) is 0 Å². The highest BCUT2D eigenvalue weighted by Crippen LogP contribution is 2.48. The highest BCUT2D eigenvalue weighted by atomic mass is 32.2. The molecule has 188 valence electrons. The van der Waals surface area contributed by atoms with Crippen LogP contribution < -0.4 is 14.7 Å². The van der Waals surface area contributed by atoms with Gasteiger partial charge in [0.1, 0.15) is 5.75 Å². The minimum Gasteiger partial charge on any atom is -0.497 e. The molecule has 1 amide bonds. The van der Waals surface area contributed by atoms with E-state index in [0.717, 1.165) is 4.90 Å². The number of halogens is 3. The SMILES string of the molecule is COc1cccc(-c2cccc(C3(c4ccccc4)N=C(N)N(C)C3=O)c2OS(=O)(=O)C(F)(F)F)c1. The molecule has 0 aromatic heterocycles. The van der Waals surface area contributed by atoms with Crippen molar-refractivity contribution in [3.63, 3.8) is 0 Å². The Morgan fingerprint density at radius 1 is 1.00 bits per heavy atom. The van der Waals surface area contributed by atoms with Gasteiger partial charge in [0.25, 0.3) is 5.91 Å². The summed E-state index contributed by atoms with van der Waals surface area (Å²) in [5, 5.41) is 0. The number of nitrogens with two attached hydrogens (primary N) is 1. The number of likely N-dealkylation sites (N-methyl/N-ethyl adjacent to an activating group) is 1. The van der Waals surface area contributed by atoms with Gasteiger partial charge >= 0.3 is 15.6 Å². The van der Waals surface area contributed by atoms with Gasteiger partial charge in [-0.3, -0.25) is 9.69 Å². The number of alkyl halides is 3. The van der Waals surface area contributed by atoms with Crippen molar-refractivity contribution in [2.75, 3.05) is 14.2 Å². The number of para-hydroxylation sites is 1. The number of aliphatic imine (C=N–C) groups is 1. The van der Waals surface area contributed by atoms with Crippen molar-refractivity contribution in [3.8, 4) is 22.6 Å². The molecule has 36 heavy (non-hydrogen) atoms. The second-order valence-corrected chi connectivity index (χ2v) is 9.35. The number of ether oxygens (including phenoxy) is 1. The van der Waals surface area contributed by atoms with Crippen molar-refractivity contribution in [1.82, 2.24) is 4.90 Å². The molecule has 0 radical (unpaired) electrons. The molecule has 0 saturated heterocycles. The molecule has 3 aromatic carbocycles. The molecule has 1 aliphatic rings. The Morgan fingerprint density at radius 3 is 2.25 bits per heavy atom. The van der Waals surface area contributed by atoms with Gasteiger partial charge in [0.15, 0.2) is 17.2 Å². The molecule has 8 nitrogen and oxygen atoms in total. The van der Waals surface area contributed by atoms with Crippen molar-refractivity contribution in [2.24, 2.45) is 10.7 Å². The second-order valence-electron chi connectivity index (χ2n) is 7.81. The predicted octanol–water partition coefficient (Wildman–Crippen LogP) is 3.62. The Labute approximate surface area is 204 Å². The van der Waals surface area contributed by atoms with Crippen molar-refractivity contribution < 1.29 is 35.3 Å². The van der Waals surface area contributed by atoms with Crippen LogP contribution in [0.5, 0.6) is 11.5 Å². The van der Waals surface area contributed by atoms with Gasteiger partial charge < -0.3 is 14.7 Å². The van der Waals surface area contributed by atoms with Gasteiger partial charge in [0.2, 0.25) is 0 Å². The molecule has 0 saturated carbocycles. The minimum atomic E-state index is -6.14. The fourth-order valence-corrected chi connectivity index (χ4v) is 4.42. The van der Waals surface area contributed by atoms with Crippen molar-refractivity contribution in [2.45, 2.75) is 11.0 Å². The molecule has 12 heteroatoms. The number of rotatable bonds is 6. The van der Waals surface area contributed by atoms with Gasteiger partial charge in [-0.1, -0.05) is 60.7 Å². The summed E-state index contributed by atoms with van der Waals surface area (Å²) < 4.78 is 74.7. The summed E-state index contributed by atoms with van der Waals surface area (Å²) >= 11 is 0. The molecular weight excluding hydrogens is 499 g/mol. The van der Waals surface area contributed by atoms with Gasteiger partial charge in [-0.15, -0.1) is 0 Å². The lowest BCUT2D eigenvalue weighted by Gasteiger charge is -2.29. The molecule has 0 fully saturated rings. The van der Waals surface area contributed by atoms with Crippen LogP contribution in [0.1, 0.15) is 11.1 Å². The van der Waals surface area contributed by atoms with E-state index in [1.54, 1.807) is 30.3 Å². The highest BCUT2D eigenvalue weighted by Gasteiger charge is 2.54. The Hall–Kier alpha value is -4.06. The summed E-state index contributed by atoms with van der Waals surface area (Å²) in [5.41, 5.74) is -1.53. The average Bonchev–Trinajstić information content (AvgIpc) is 3.08. The predicted molar refractivity (Wildman–Crippen MR) is 126 cm³/mol. The topological polar surface area (TPSA) is 111 Å². The zero-order valence-electron chi connectivity index (χ0n) is 19.0. The van der Waals surface area contributed by atoms with Crippen LogP contribution in [-0.4, -0.2) is 44.9 Å². The maximum atomic E-state index is 13.6. The third kappa shape index (κ3) is 4.02. The van der Waals surface area contributed by atoms with E-state index in [2.05, 4.69) is 4.99 Å². The number of hydrogen-bond donors (Lipinski definition) is 1. The Bertz CT molecular complexity index is 1460. The van der Waals surface area contributed by atoms with Crippen LogP contribution in [0, 0.1) is 0 Å². The van der Waals surface area contributed by atoms with Gasteiger partial charge in [-0.05, 0) is 23.3 Å². The zero-order chi connectivity index (χ0) is 26.3. The molecule has 2 N–H and O–H groups in total. The summed E-state index contributed by atoms with van der Waals surface area (Å²) in [4.78, 5) is 19.0. The summed E-state index contributed by atoms with van der Waals surface area (Å²) in [6.45, 7) is 0. The van der Waals surface area contributed by atoms with E-state index in [1.807, 2.05) is 0 Å². The average molecular weight is 520 g/mol. The van der Waals surface area contributed by atoms with E-state index in [0.29, 0.717) is 5.75 Å². The zero-order valence-corrected chi connectivity index (χ0v) is 19.8. The van der Waals surface area contributed by atoms with Crippen LogP contribution in [0.2, 0.25) is 0 Å². The Morgan fingerprint density at radius 2 is 1.67 bits per heavy atom. The standard InChI is InChI=1S/C24H20F3N3O5S/c1-30-21(31)23(29-22(30)28,16-9-4-3-5-10-16)19-13-7-12-18(15-8-6-11-17(14-15)34-2)20(19)35-36(32,33)24(25,26)27/h3-14H,1-2H3,(H2,28,29). The number of methoxy groups -OCH3 is 1. The quantitative estimate of drug-likeness (QED) is 0.393. The summed E-state index contributed by atoms with van der Waals surface area (Å²) in [5.74, 6) is -1.27. The largest absolute Gasteiger partial charge is 0.534 e. The molecule has 1 unspecified atom stereocenters. The maximum absolute atomic E-state index is 13.6. The molecular formula is C24H20F3N3O5S. The van der Waals surface area contributed by atoms with Crippen LogP contribution in [-0.2, 0) is 20.5 Å². The number of carbonyl (C=O) groups is 1. The molecule has 0 bridgehead atoms. The minimum absolute atomic E-state index is 0.0364. The van der Waals surface area contributed by atoms with Crippen LogP contribution >= 0.6 is 0 Å². The van der Waals surface area contributed by atoms with Gasteiger partial charge in [-0.25, -0.2) is 4.99 Å². The first kappa shape index (κ1) is 25.0. The second kappa shape index (κ2) is 8.86. The maximum Gasteiger partial charge on any atom is 0.534 e. The van der Waals surface area contributed by atoms with E-state index in [1.165, 1.54) is 56.6 Å². The van der Waals surface area contributed by atoms with Gasteiger partial charge in [-0.2, -0.15) is 21.6 Å². The van der Waals surface area contributed by atoms with E-state index < -0.39 is 32.8 Å². The number of guanidine groups is 1. The molecule has 1 heterocycles. The summed E-state index contributed by atoms with van der Waals surface area (Å²) in [6, 6.07) is 18.3. The molecule has 4 rings (SSSR count). The first-order chi connectivity index (χ1) is 16.9. The van der Waals surface area contributed by atoms with Crippen LogP contribution in [0.25, 0.3) is 11.1 Å². The molecule has 0 aliphatic carbocycles. The summed E-state index contributed by atoms with van der Waals surface area (Å²) in [6.07, 6.45) is 0. The smallest absolute Gasteiger partial charge is 0.497 e. The number of carbonyl (C=O) groups excluding carboxylic acids is 1. The number of hydrogen-bond acceptors (Lipinski definition) is 7. The van der Waals surface area contributed by atoms with Crippen LogP contribution in [0.4, 0.5) is 13.2 Å². The van der Waals surface area contributed by atoms with E-state index in [9.17, 15) is 26.4 Å². The lowest BCUT2D eigenvalue weighted by molar-refractivity contribution is -0.129. The van der Waals surface area contributed by atoms with Crippen LogP contribution in [0.3, 0.4) is 0 Å². The third-order valence-electron chi connectivity index (χ3n) is 5.69. The van der Waals surface area contributed by atoms with Crippen molar-refractivity contribution in [3.05, 3.63) is 83.9 Å². The monoisotopic (exact) mass is 519 g/mol. The highest BCUT2D eigenvalue weighted by molar-refractivity contribution is 7.88. The Kier molecular flexibility index (Phi) is 6.17. The lowest BCUT2D eigenvalue weighted by atomic mass is 9.81. The fourth-order valence-electron chi connectivity index (χ4n) is 3.93.